The predicted molar refractivity (Wildman–Crippen MR) is 119 cm³/mol. The van der Waals surface area contributed by atoms with Crippen LogP contribution in [0.3, 0.4) is 0 Å². The van der Waals surface area contributed by atoms with Crippen molar-refractivity contribution in [1.29, 1.82) is 0 Å². The van der Waals surface area contributed by atoms with E-state index in [4.69, 9.17) is 13.3 Å². The van der Waals surface area contributed by atoms with E-state index in [9.17, 15) is 19.5 Å². The molecule has 0 bridgehead atoms. The predicted octanol–water partition coefficient (Wildman–Crippen LogP) is 4.02. The van der Waals surface area contributed by atoms with Crippen LogP contribution in [0, 0.1) is 0 Å². The maximum atomic E-state index is 13.4. The lowest BCUT2D eigenvalue weighted by Crippen LogP contribution is -2.26. The van der Waals surface area contributed by atoms with Crippen LogP contribution in [0.4, 0.5) is 0 Å². The summed E-state index contributed by atoms with van der Waals surface area (Å²) >= 11 is 3.53. The molecule has 0 unspecified atom stereocenters. The minimum Gasteiger partial charge on any atom is -0.480 e. The molecule has 3 aromatic rings. The molecule has 4 rings (SSSR count). The van der Waals surface area contributed by atoms with E-state index in [1.54, 1.807) is 42.7 Å². The monoisotopic (exact) mass is 453 g/mol. The van der Waals surface area contributed by atoms with E-state index < -0.39 is 18.3 Å². The number of carboxylic acids is 1. The third kappa shape index (κ3) is 4.68. The van der Waals surface area contributed by atoms with Gasteiger partial charge in [0.15, 0.2) is 12.0 Å². The molecule has 1 aliphatic heterocycles. The third-order valence-corrected chi connectivity index (χ3v) is 4.38. The lowest BCUT2D eigenvalue weighted by Gasteiger charge is -2.19. The highest BCUT2D eigenvalue weighted by atomic mass is 32.1. The standard InChI is InChI=1S/C22H15NO7.CH4S/c24-13-14(10-15-4-1-7-28-15)20-21(18-6-3-9-30-18)23(12-19(25)26)17(22(20)27)11-16-5-2-8-29-16;1-2/h1-11,13H,12H2,(H,25,26);2H,1H3/b14-10-,17-11+;. The second kappa shape index (κ2) is 10.4. The van der Waals surface area contributed by atoms with E-state index in [-0.39, 0.29) is 28.3 Å². The Morgan fingerprint density at radius 1 is 1.03 bits per heavy atom. The van der Waals surface area contributed by atoms with Gasteiger partial charge >= 0.3 is 5.97 Å². The van der Waals surface area contributed by atoms with E-state index in [1.807, 2.05) is 0 Å². The molecule has 3 aromatic heterocycles. The second-order valence-corrected chi connectivity index (χ2v) is 6.29. The first kappa shape index (κ1) is 22.7. The fourth-order valence-electron chi connectivity index (χ4n) is 3.19. The van der Waals surface area contributed by atoms with Crippen LogP contribution < -0.4 is 0 Å². The summed E-state index contributed by atoms with van der Waals surface area (Å²) in [6.07, 6.45) is 9.32. The quantitative estimate of drug-likeness (QED) is 0.313. The smallest absolute Gasteiger partial charge is 0.323 e. The zero-order valence-corrected chi connectivity index (χ0v) is 17.8. The minimum absolute atomic E-state index is 0.00964. The summed E-state index contributed by atoms with van der Waals surface area (Å²) in [6, 6.07) is 9.74. The summed E-state index contributed by atoms with van der Waals surface area (Å²) in [5.74, 6) is -0.736. The lowest BCUT2D eigenvalue weighted by molar-refractivity contribution is -0.137. The molecule has 164 valence electrons. The highest BCUT2D eigenvalue weighted by molar-refractivity contribution is 7.79. The van der Waals surface area contributed by atoms with Crippen LogP contribution in [-0.2, 0) is 14.4 Å². The summed E-state index contributed by atoms with van der Waals surface area (Å²) < 4.78 is 16.0. The molecule has 0 saturated carbocycles. The van der Waals surface area contributed by atoms with Gasteiger partial charge in [-0.3, -0.25) is 14.4 Å². The van der Waals surface area contributed by atoms with Crippen molar-refractivity contribution < 1.29 is 32.7 Å². The fourth-order valence-corrected chi connectivity index (χ4v) is 3.19. The maximum Gasteiger partial charge on any atom is 0.323 e. The van der Waals surface area contributed by atoms with Crippen molar-refractivity contribution in [2.75, 3.05) is 12.8 Å². The van der Waals surface area contributed by atoms with Crippen molar-refractivity contribution in [1.82, 2.24) is 4.90 Å². The largest absolute Gasteiger partial charge is 0.480 e. The highest BCUT2D eigenvalue weighted by Crippen LogP contribution is 2.40. The molecule has 0 amide bonds. The maximum absolute atomic E-state index is 13.4. The molecule has 4 heterocycles. The van der Waals surface area contributed by atoms with Crippen molar-refractivity contribution in [3.05, 3.63) is 89.3 Å². The van der Waals surface area contributed by atoms with Gasteiger partial charge < -0.3 is 23.3 Å². The first-order chi connectivity index (χ1) is 15.6. The Bertz CT molecular complexity index is 1170. The Balaban J connectivity index is 0.00000141. The van der Waals surface area contributed by atoms with Gasteiger partial charge in [0.2, 0.25) is 5.78 Å². The number of carbonyl (C=O) groups excluding carboxylic acids is 2. The molecule has 0 radical (unpaired) electrons. The van der Waals surface area contributed by atoms with Crippen molar-refractivity contribution in [3.8, 4) is 0 Å². The van der Waals surface area contributed by atoms with Crippen molar-refractivity contribution in [2.45, 2.75) is 0 Å². The van der Waals surface area contributed by atoms with E-state index in [2.05, 4.69) is 12.6 Å². The van der Waals surface area contributed by atoms with Crippen LogP contribution in [0.25, 0.3) is 17.8 Å². The van der Waals surface area contributed by atoms with Crippen LogP contribution in [0.15, 0.2) is 85.3 Å². The zero-order chi connectivity index (χ0) is 23.1. The highest BCUT2D eigenvalue weighted by Gasteiger charge is 2.39. The van der Waals surface area contributed by atoms with Gasteiger partial charge in [-0.1, -0.05) is 0 Å². The van der Waals surface area contributed by atoms with Crippen molar-refractivity contribution in [2.24, 2.45) is 0 Å². The van der Waals surface area contributed by atoms with Crippen LogP contribution in [-0.4, -0.2) is 40.8 Å². The number of ketones is 1. The number of carbonyl (C=O) groups is 3. The van der Waals surface area contributed by atoms with Gasteiger partial charge in [-0.15, -0.1) is 0 Å². The van der Waals surface area contributed by atoms with Crippen molar-refractivity contribution in [3.63, 3.8) is 0 Å². The van der Waals surface area contributed by atoms with Gasteiger partial charge in [-0.2, -0.15) is 12.6 Å². The topological polar surface area (TPSA) is 114 Å². The number of Topliss-reactive ketones (excluding diaryl/α,β-unsaturated/α-hetero) is 1. The van der Waals surface area contributed by atoms with Crippen LogP contribution in [0.2, 0.25) is 0 Å². The van der Waals surface area contributed by atoms with Gasteiger partial charge in [-0.05, 0) is 48.7 Å². The number of rotatable bonds is 7. The fraction of sp³-hybridized carbons (Fsp3) is 0.0870. The molecular weight excluding hydrogens is 434 g/mol. The molecule has 9 heteroatoms. The first-order valence-electron chi connectivity index (χ1n) is 9.31. The lowest BCUT2D eigenvalue weighted by atomic mass is 10.00. The molecule has 0 atom stereocenters. The number of thiol groups is 1. The second-order valence-electron chi connectivity index (χ2n) is 6.29. The summed E-state index contributed by atoms with van der Waals surface area (Å²) in [5.41, 5.74) is 0.256. The molecule has 1 aliphatic rings. The molecule has 32 heavy (non-hydrogen) atoms. The first-order valence-corrected chi connectivity index (χ1v) is 10.2. The molecule has 8 nitrogen and oxygen atoms in total. The number of aliphatic carboxylic acids is 1. The van der Waals surface area contributed by atoms with Gasteiger partial charge in [0, 0.05) is 11.6 Å². The summed E-state index contributed by atoms with van der Waals surface area (Å²) in [5, 5.41) is 9.45. The number of furan rings is 3. The van der Waals surface area contributed by atoms with E-state index >= 15 is 0 Å². The summed E-state index contributed by atoms with van der Waals surface area (Å²) in [7, 11) is 0. The number of carboxylic acid groups (broad SMARTS) is 1. The number of nitrogens with zero attached hydrogens (tertiary/aromatic N) is 1. The Kier molecular flexibility index (Phi) is 7.35. The molecule has 0 aliphatic carbocycles. The summed E-state index contributed by atoms with van der Waals surface area (Å²) in [6.45, 7) is -0.523. The van der Waals surface area contributed by atoms with Crippen LogP contribution in [0.1, 0.15) is 17.3 Å². The van der Waals surface area contributed by atoms with E-state index in [0.717, 1.165) is 0 Å². The molecular formula is C23H19NO7S. The third-order valence-electron chi connectivity index (χ3n) is 4.38. The molecule has 0 aromatic carbocycles. The number of allylic oxidation sites excluding steroid dienone is 2. The zero-order valence-electron chi connectivity index (χ0n) is 16.9. The minimum atomic E-state index is -1.17. The van der Waals surface area contributed by atoms with Gasteiger partial charge in [0.05, 0.1) is 35.8 Å². The normalized spacial score (nSPS) is 15.2. The average molecular weight is 453 g/mol. The van der Waals surface area contributed by atoms with Gasteiger partial charge in [-0.25, -0.2) is 0 Å². The Morgan fingerprint density at radius 2 is 1.66 bits per heavy atom. The van der Waals surface area contributed by atoms with Crippen LogP contribution in [0.5, 0.6) is 0 Å². The van der Waals surface area contributed by atoms with E-state index in [1.165, 1.54) is 35.8 Å². The molecule has 1 N–H and O–H groups in total. The average Bonchev–Trinajstić information content (AvgIpc) is 3.59. The number of hydrogen-bond acceptors (Lipinski definition) is 8. The molecule has 0 spiro atoms. The number of aldehydes is 1. The van der Waals surface area contributed by atoms with Gasteiger partial charge in [0.25, 0.3) is 0 Å². The van der Waals surface area contributed by atoms with Gasteiger partial charge in [0.1, 0.15) is 18.1 Å². The van der Waals surface area contributed by atoms with Crippen LogP contribution >= 0.6 is 12.6 Å². The number of hydrogen-bond donors (Lipinski definition) is 2. The molecule has 0 saturated heterocycles. The van der Waals surface area contributed by atoms with E-state index in [0.29, 0.717) is 17.8 Å². The molecule has 0 fully saturated rings. The Morgan fingerprint density at radius 3 is 2.19 bits per heavy atom. The summed E-state index contributed by atoms with van der Waals surface area (Å²) in [4.78, 5) is 38.2. The van der Waals surface area contributed by atoms with Crippen molar-refractivity contribution >= 4 is 48.5 Å². The Hall–Kier alpha value is -3.98. The Labute approximate surface area is 188 Å². The SMILES string of the molecule is CS.O=C/C(=C/c1ccco1)C1=C(c2ccco2)N(CC(=O)O)/C(=C/c2ccco2)C1=O.